The van der Waals surface area contributed by atoms with Crippen LogP contribution < -0.4 is 0 Å². The first-order valence-corrected chi connectivity index (χ1v) is 13.8. The number of ether oxygens (including phenoxy) is 2. The molecule has 5 rings (SSSR count). The van der Waals surface area contributed by atoms with Crippen LogP contribution >= 0.6 is 0 Å². The van der Waals surface area contributed by atoms with E-state index in [9.17, 15) is 24.6 Å². The van der Waals surface area contributed by atoms with E-state index in [-0.39, 0.29) is 35.1 Å². The van der Waals surface area contributed by atoms with Gasteiger partial charge in [0.2, 0.25) is 0 Å². The number of aliphatic hydroxyl groups excluding tert-OH is 1. The largest absolute Gasteiger partial charge is 0.458 e. The lowest BCUT2D eigenvalue weighted by Crippen LogP contribution is -2.73. The maximum absolute atomic E-state index is 13.5. The SMILES string of the molecule is CC(=O)O[C@@H]1[C@@H](OC(=O)c2ccccc2)[C@H]2[C@@H](CCC3C[C@@H](O)CC[C@@]32C)[C@@]2(O)CC[C@H](C(C)=O)[C@@]12C. The molecule has 1 unspecified atom stereocenters. The normalized spacial score (nSPS) is 44.6. The van der Waals surface area contributed by atoms with Crippen molar-refractivity contribution >= 4 is 17.7 Å². The summed E-state index contributed by atoms with van der Waals surface area (Å²) < 4.78 is 12.4. The topological polar surface area (TPSA) is 110 Å². The second-order valence-corrected chi connectivity index (χ2v) is 12.5. The van der Waals surface area contributed by atoms with E-state index >= 15 is 0 Å². The first kappa shape index (κ1) is 26.4. The molecule has 0 spiro atoms. The molecule has 0 bridgehead atoms. The number of benzene rings is 1. The molecule has 4 aliphatic rings. The lowest BCUT2D eigenvalue weighted by Gasteiger charge is -2.66. The molecule has 4 aliphatic carbocycles. The zero-order valence-corrected chi connectivity index (χ0v) is 22.3. The number of ketones is 1. The molecule has 7 heteroatoms. The smallest absolute Gasteiger partial charge is 0.338 e. The quantitative estimate of drug-likeness (QED) is 0.585. The molecule has 1 aromatic carbocycles. The van der Waals surface area contributed by atoms with Gasteiger partial charge in [0.05, 0.1) is 17.3 Å². The molecular weight excluding hydrogens is 472 g/mol. The van der Waals surface area contributed by atoms with Gasteiger partial charge in [0.15, 0.2) is 0 Å². The molecule has 1 aromatic rings. The lowest BCUT2D eigenvalue weighted by atomic mass is 9.41. The Morgan fingerprint density at radius 2 is 1.65 bits per heavy atom. The molecule has 10 atom stereocenters. The van der Waals surface area contributed by atoms with Crippen LogP contribution in [0, 0.1) is 34.5 Å². The highest BCUT2D eigenvalue weighted by atomic mass is 16.6. The summed E-state index contributed by atoms with van der Waals surface area (Å²) in [6.07, 6.45) is 2.39. The maximum atomic E-state index is 13.5. The van der Waals surface area contributed by atoms with E-state index in [1.807, 2.05) is 13.0 Å². The first-order valence-electron chi connectivity index (χ1n) is 13.8. The van der Waals surface area contributed by atoms with Crippen molar-refractivity contribution in [3.63, 3.8) is 0 Å². The van der Waals surface area contributed by atoms with Crippen LogP contribution in [-0.4, -0.2) is 51.8 Å². The van der Waals surface area contributed by atoms with E-state index in [2.05, 4.69) is 6.92 Å². The van der Waals surface area contributed by atoms with Crippen molar-refractivity contribution in [1.29, 1.82) is 0 Å². The number of rotatable bonds is 4. The monoisotopic (exact) mass is 512 g/mol. The average molecular weight is 513 g/mol. The minimum absolute atomic E-state index is 0.0529. The Morgan fingerprint density at radius 3 is 2.30 bits per heavy atom. The average Bonchev–Trinajstić information content (AvgIpc) is 3.14. The van der Waals surface area contributed by atoms with Crippen LogP contribution in [0.4, 0.5) is 0 Å². The minimum atomic E-state index is -1.24. The molecule has 0 saturated heterocycles. The van der Waals surface area contributed by atoms with Gasteiger partial charge in [-0.3, -0.25) is 9.59 Å². The highest BCUT2D eigenvalue weighted by molar-refractivity contribution is 5.89. The highest BCUT2D eigenvalue weighted by Gasteiger charge is 2.75. The Labute approximate surface area is 218 Å². The van der Waals surface area contributed by atoms with Crippen molar-refractivity contribution < 1.29 is 34.1 Å². The van der Waals surface area contributed by atoms with Crippen LogP contribution in [0.1, 0.15) is 83.0 Å². The van der Waals surface area contributed by atoms with Gasteiger partial charge >= 0.3 is 11.9 Å². The highest BCUT2D eigenvalue weighted by Crippen LogP contribution is 2.70. The van der Waals surface area contributed by atoms with Gasteiger partial charge < -0.3 is 19.7 Å². The van der Waals surface area contributed by atoms with Crippen LogP contribution in [0.3, 0.4) is 0 Å². The van der Waals surface area contributed by atoms with Crippen molar-refractivity contribution in [2.75, 3.05) is 0 Å². The molecule has 37 heavy (non-hydrogen) atoms. The Balaban J connectivity index is 1.67. The van der Waals surface area contributed by atoms with Gasteiger partial charge in [0.1, 0.15) is 18.0 Å². The lowest BCUT2D eigenvalue weighted by molar-refractivity contribution is -0.286. The van der Waals surface area contributed by atoms with Gasteiger partial charge in [0, 0.05) is 24.2 Å². The number of carbonyl (C=O) groups is 3. The van der Waals surface area contributed by atoms with Gasteiger partial charge in [0.25, 0.3) is 0 Å². The summed E-state index contributed by atoms with van der Waals surface area (Å²) in [5.41, 5.74) is -2.26. The van der Waals surface area contributed by atoms with Gasteiger partial charge in [-0.05, 0) is 81.3 Å². The fourth-order valence-electron chi connectivity index (χ4n) is 9.13. The van der Waals surface area contributed by atoms with E-state index in [0.717, 1.165) is 12.8 Å². The summed E-state index contributed by atoms with van der Waals surface area (Å²) in [5, 5.41) is 23.0. The standard InChI is InChI=1S/C30H40O7/c1-17(31)22-13-15-30(35)23-11-10-20-16-21(33)12-14-28(20,3)24(23)25(26(29(22,30)4)36-18(2)32)37-27(34)19-8-6-5-7-9-19/h5-9,20-26,33,35H,10-16H2,1-4H3/t20?,21-,22+,23+,24+,25-,26+,28-,29-,30-/m0/s1. The summed E-state index contributed by atoms with van der Waals surface area (Å²) in [6.45, 7) is 6.91. The first-order chi connectivity index (χ1) is 17.4. The Morgan fingerprint density at radius 1 is 0.946 bits per heavy atom. The zero-order chi connectivity index (χ0) is 26.8. The van der Waals surface area contributed by atoms with Crippen molar-refractivity contribution in [2.24, 2.45) is 34.5 Å². The summed E-state index contributed by atoms with van der Waals surface area (Å²) in [6, 6.07) is 8.75. The van der Waals surface area contributed by atoms with Gasteiger partial charge in [-0.15, -0.1) is 0 Å². The third kappa shape index (κ3) is 3.87. The molecule has 2 N–H and O–H groups in total. The molecule has 4 saturated carbocycles. The summed E-state index contributed by atoms with van der Waals surface area (Å²) in [5.74, 6) is -1.90. The second-order valence-electron chi connectivity index (χ2n) is 12.5. The molecular formula is C30H40O7. The molecule has 7 nitrogen and oxygen atoms in total. The van der Waals surface area contributed by atoms with Gasteiger partial charge in [-0.2, -0.15) is 0 Å². The molecule has 4 fully saturated rings. The molecule has 0 heterocycles. The number of fused-ring (bicyclic) bond motifs is 5. The van der Waals surface area contributed by atoms with Gasteiger partial charge in [-0.1, -0.05) is 32.0 Å². The van der Waals surface area contributed by atoms with E-state index in [1.54, 1.807) is 24.3 Å². The third-order valence-corrected chi connectivity index (χ3v) is 10.9. The molecule has 0 radical (unpaired) electrons. The molecule has 202 valence electrons. The number of esters is 2. The van der Waals surface area contributed by atoms with Crippen molar-refractivity contribution in [2.45, 2.75) is 96.6 Å². The summed E-state index contributed by atoms with van der Waals surface area (Å²) >= 11 is 0. The maximum Gasteiger partial charge on any atom is 0.338 e. The van der Waals surface area contributed by atoms with Crippen LogP contribution in [0.25, 0.3) is 0 Å². The predicted molar refractivity (Wildman–Crippen MR) is 135 cm³/mol. The van der Waals surface area contributed by atoms with Gasteiger partial charge in [-0.25, -0.2) is 4.79 Å². The van der Waals surface area contributed by atoms with E-state index < -0.39 is 41.1 Å². The Hall–Kier alpha value is -2.25. The summed E-state index contributed by atoms with van der Waals surface area (Å²) in [4.78, 5) is 39.0. The zero-order valence-electron chi connectivity index (χ0n) is 22.3. The van der Waals surface area contributed by atoms with E-state index in [4.69, 9.17) is 9.47 Å². The van der Waals surface area contributed by atoms with E-state index in [0.29, 0.717) is 37.7 Å². The fourth-order valence-corrected chi connectivity index (χ4v) is 9.13. The summed E-state index contributed by atoms with van der Waals surface area (Å²) in [7, 11) is 0. The fraction of sp³-hybridized carbons (Fsp3) is 0.700. The van der Waals surface area contributed by atoms with Crippen molar-refractivity contribution in [1.82, 2.24) is 0 Å². The number of aliphatic hydroxyl groups is 2. The molecule has 0 aliphatic heterocycles. The molecule has 0 aromatic heterocycles. The number of carbonyl (C=O) groups excluding carboxylic acids is 3. The van der Waals surface area contributed by atoms with Crippen molar-refractivity contribution in [3.8, 4) is 0 Å². The van der Waals surface area contributed by atoms with Crippen LogP contribution in [0.2, 0.25) is 0 Å². The minimum Gasteiger partial charge on any atom is -0.458 e. The second kappa shape index (κ2) is 9.19. The van der Waals surface area contributed by atoms with Crippen LogP contribution in [0.5, 0.6) is 0 Å². The predicted octanol–water partition coefficient (Wildman–Crippen LogP) is 4.09. The molecule has 0 amide bonds. The Kier molecular flexibility index (Phi) is 6.55. The van der Waals surface area contributed by atoms with Crippen LogP contribution in [-0.2, 0) is 19.1 Å². The number of hydrogen-bond donors (Lipinski definition) is 2. The number of Topliss-reactive ketones (excluding diaryl/α,β-unsaturated/α-hetero) is 1. The Bertz CT molecular complexity index is 1070. The van der Waals surface area contributed by atoms with Crippen molar-refractivity contribution in [3.05, 3.63) is 35.9 Å². The van der Waals surface area contributed by atoms with Crippen LogP contribution in [0.15, 0.2) is 30.3 Å². The third-order valence-electron chi connectivity index (χ3n) is 10.9. The number of hydrogen-bond acceptors (Lipinski definition) is 7. The van der Waals surface area contributed by atoms with E-state index in [1.165, 1.54) is 13.8 Å².